The van der Waals surface area contributed by atoms with Crippen LogP contribution in [0.3, 0.4) is 0 Å². The van der Waals surface area contributed by atoms with Crippen LogP contribution < -0.4 is 5.32 Å². The van der Waals surface area contributed by atoms with Gasteiger partial charge in [-0.1, -0.05) is 23.7 Å². The monoisotopic (exact) mass is 346 g/mol. The average molecular weight is 347 g/mol. The fraction of sp³-hybridized carbons (Fsp3) is 0.0588. The van der Waals surface area contributed by atoms with Crippen molar-refractivity contribution >= 4 is 34.5 Å². The molecule has 1 heterocycles. The number of aromatic nitrogens is 1. The van der Waals surface area contributed by atoms with E-state index < -0.39 is 5.82 Å². The summed E-state index contributed by atoms with van der Waals surface area (Å²) < 4.78 is 14.3. The van der Waals surface area contributed by atoms with Crippen molar-refractivity contribution in [2.75, 3.05) is 5.32 Å². The van der Waals surface area contributed by atoms with Gasteiger partial charge in [0.2, 0.25) is 5.91 Å². The second-order valence-corrected chi connectivity index (χ2v) is 6.22. The van der Waals surface area contributed by atoms with Gasteiger partial charge in [0.1, 0.15) is 10.8 Å². The van der Waals surface area contributed by atoms with Crippen LogP contribution >= 0.6 is 22.9 Å². The number of benzene rings is 2. The minimum absolute atomic E-state index is 0.242. The van der Waals surface area contributed by atoms with Crippen molar-refractivity contribution in [2.45, 2.75) is 6.92 Å². The Bertz CT molecular complexity index is 879. The van der Waals surface area contributed by atoms with Crippen LogP contribution in [0.4, 0.5) is 10.1 Å². The lowest BCUT2D eigenvalue weighted by Gasteiger charge is -2.04. The van der Waals surface area contributed by atoms with E-state index in [2.05, 4.69) is 10.3 Å². The molecule has 0 atom stereocenters. The Balaban J connectivity index is 1.93. The van der Waals surface area contributed by atoms with Gasteiger partial charge >= 0.3 is 0 Å². The van der Waals surface area contributed by atoms with Crippen molar-refractivity contribution in [3.63, 3.8) is 0 Å². The normalized spacial score (nSPS) is 10.6. The third kappa shape index (κ3) is 3.57. The summed E-state index contributed by atoms with van der Waals surface area (Å²) in [7, 11) is 0. The SMILES string of the molecule is CC(=O)Nc1ccc(-c2csc(-c3cccc(Cl)c3)n2)c(F)c1. The molecular weight excluding hydrogens is 335 g/mol. The standard InChI is InChI=1S/C17H12ClFN2OS/c1-10(22)20-13-5-6-14(15(19)8-13)16-9-23-17(21-16)11-3-2-4-12(18)7-11/h2-9H,1H3,(H,20,22). The molecule has 0 aliphatic rings. The highest BCUT2D eigenvalue weighted by atomic mass is 35.5. The fourth-order valence-corrected chi connectivity index (χ4v) is 3.16. The van der Waals surface area contributed by atoms with Gasteiger partial charge in [-0.2, -0.15) is 0 Å². The van der Waals surface area contributed by atoms with Crippen molar-refractivity contribution in [3.8, 4) is 21.8 Å². The van der Waals surface area contributed by atoms with Gasteiger partial charge in [-0.3, -0.25) is 4.79 Å². The van der Waals surface area contributed by atoms with Crippen molar-refractivity contribution in [1.82, 2.24) is 4.98 Å². The van der Waals surface area contributed by atoms with Crippen LogP contribution in [0.25, 0.3) is 21.8 Å². The number of nitrogens with one attached hydrogen (secondary N) is 1. The summed E-state index contributed by atoms with van der Waals surface area (Å²) in [5.41, 5.74) is 2.26. The first-order valence-corrected chi connectivity index (χ1v) is 8.07. The zero-order valence-corrected chi connectivity index (χ0v) is 13.7. The van der Waals surface area contributed by atoms with E-state index in [0.29, 0.717) is 22.0 Å². The molecule has 3 nitrogen and oxygen atoms in total. The van der Waals surface area contributed by atoms with Crippen LogP contribution in [0, 0.1) is 5.82 Å². The molecule has 0 bridgehead atoms. The van der Waals surface area contributed by atoms with Crippen molar-refractivity contribution in [2.24, 2.45) is 0 Å². The van der Waals surface area contributed by atoms with Crippen molar-refractivity contribution in [1.29, 1.82) is 0 Å². The Morgan fingerprint density at radius 3 is 2.78 bits per heavy atom. The molecule has 0 unspecified atom stereocenters. The number of nitrogens with zero attached hydrogens (tertiary/aromatic N) is 1. The van der Waals surface area contributed by atoms with Crippen LogP contribution in [-0.2, 0) is 4.79 Å². The van der Waals surface area contributed by atoms with Crippen LogP contribution in [-0.4, -0.2) is 10.9 Å². The zero-order valence-electron chi connectivity index (χ0n) is 12.1. The van der Waals surface area contributed by atoms with Crippen LogP contribution in [0.15, 0.2) is 47.8 Å². The van der Waals surface area contributed by atoms with Crippen LogP contribution in [0.1, 0.15) is 6.92 Å². The number of halogens is 2. The Hall–Kier alpha value is -2.24. The first-order valence-electron chi connectivity index (χ1n) is 6.82. The lowest BCUT2D eigenvalue weighted by Crippen LogP contribution is -2.05. The number of anilines is 1. The van der Waals surface area contributed by atoms with Gasteiger partial charge in [-0.15, -0.1) is 11.3 Å². The molecule has 3 rings (SSSR count). The summed E-state index contributed by atoms with van der Waals surface area (Å²) >= 11 is 7.41. The quantitative estimate of drug-likeness (QED) is 0.705. The van der Waals surface area contributed by atoms with Crippen molar-refractivity contribution in [3.05, 3.63) is 58.7 Å². The lowest BCUT2D eigenvalue weighted by molar-refractivity contribution is -0.114. The molecule has 2 aromatic carbocycles. The molecule has 1 aromatic heterocycles. The highest BCUT2D eigenvalue weighted by molar-refractivity contribution is 7.13. The molecule has 0 aliphatic heterocycles. The molecule has 3 aromatic rings. The smallest absolute Gasteiger partial charge is 0.221 e. The molecular formula is C17H12ClFN2OS. The Labute approximate surface area is 141 Å². The molecule has 0 saturated carbocycles. The van der Waals surface area contributed by atoms with Gasteiger partial charge in [0.25, 0.3) is 0 Å². The number of rotatable bonds is 3. The third-order valence-corrected chi connectivity index (χ3v) is 4.27. The Morgan fingerprint density at radius 1 is 1.26 bits per heavy atom. The minimum atomic E-state index is -0.431. The summed E-state index contributed by atoms with van der Waals surface area (Å²) in [5.74, 6) is -0.673. The van der Waals surface area contributed by atoms with Crippen LogP contribution in [0.5, 0.6) is 0 Å². The lowest BCUT2D eigenvalue weighted by atomic mass is 10.1. The number of hydrogen-bond donors (Lipinski definition) is 1. The van der Waals surface area contributed by atoms with Gasteiger partial charge in [0.15, 0.2) is 0 Å². The van der Waals surface area contributed by atoms with Crippen molar-refractivity contribution < 1.29 is 9.18 Å². The van der Waals surface area contributed by atoms with E-state index in [1.54, 1.807) is 23.6 Å². The van der Waals surface area contributed by atoms with E-state index in [1.807, 2.05) is 18.2 Å². The molecule has 0 saturated heterocycles. The topological polar surface area (TPSA) is 42.0 Å². The maximum absolute atomic E-state index is 14.3. The van der Waals surface area contributed by atoms with E-state index in [1.165, 1.54) is 24.3 Å². The van der Waals surface area contributed by atoms with E-state index in [-0.39, 0.29) is 5.91 Å². The van der Waals surface area contributed by atoms with Crippen LogP contribution in [0.2, 0.25) is 5.02 Å². The number of amides is 1. The van der Waals surface area contributed by atoms with E-state index >= 15 is 0 Å². The number of carbonyl (C=O) groups is 1. The highest BCUT2D eigenvalue weighted by Gasteiger charge is 2.12. The molecule has 0 aliphatic carbocycles. The zero-order chi connectivity index (χ0) is 16.4. The first-order chi connectivity index (χ1) is 11.0. The second-order valence-electron chi connectivity index (χ2n) is 4.92. The van der Waals surface area contributed by atoms with Gasteiger partial charge in [0.05, 0.1) is 5.69 Å². The van der Waals surface area contributed by atoms with E-state index in [0.717, 1.165) is 10.6 Å². The number of hydrogen-bond acceptors (Lipinski definition) is 3. The molecule has 116 valence electrons. The Morgan fingerprint density at radius 2 is 2.09 bits per heavy atom. The van der Waals surface area contributed by atoms with Gasteiger partial charge in [-0.25, -0.2) is 9.37 Å². The summed E-state index contributed by atoms with van der Waals surface area (Å²) in [6.07, 6.45) is 0. The molecule has 0 fully saturated rings. The summed E-state index contributed by atoms with van der Waals surface area (Å²) in [6.45, 7) is 1.38. The third-order valence-electron chi connectivity index (χ3n) is 3.14. The Kier molecular flexibility index (Phi) is 4.41. The predicted octanol–water partition coefficient (Wildman–Crippen LogP) is 5.23. The summed E-state index contributed by atoms with van der Waals surface area (Å²) in [4.78, 5) is 15.5. The molecule has 23 heavy (non-hydrogen) atoms. The molecule has 1 N–H and O–H groups in total. The summed E-state index contributed by atoms with van der Waals surface area (Å²) in [6, 6.07) is 11.9. The number of thiazole rings is 1. The predicted molar refractivity (Wildman–Crippen MR) is 92.3 cm³/mol. The van der Waals surface area contributed by atoms with E-state index in [4.69, 9.17) is 11.6 Å². The van der Waals surface area contributed by atoms with E-state index in [9.17, 15) is 9.18 Å². The van der Waals surface area contributed by atoms with Gasteiger partial charge in [0, 0.05) is 34.1 Å². The largest absolute Gasteiger partial charge is 0.326 e. The molecule has 6 heteroatoms. The molecule has 0 spiro atoms. The number of carbonyl (C=O) groups excluding carboxylic acids is 1. The highest BCUT2D eigenvalue weighted by Crippen LogP contribution is 2.32. The second kappa shape index (κ2) is 6.48. The maximum atomic E-state index is 14.3. The fourth-order valence-electron chi connectivity index (χ4n) is 2.16. The maximum Gasteiger partial charge on any atom is 0.221 e. The molecule has 1 amide bonds. The average Bonchev–Trinajstić information content (AvgIpc) is 2.96. The summed E-state index contributed by atoms with van der Waals surface area (Å²) in [5, 5.41) is 5.75. The molecule has 0 radical (unpaired) electrons. The minimum Gasteiger partial charge on any atom is -0.326 e. The van der Waals surface area contributed by atoms with Gasteiger partial charge in [-0.05, 0) is 30.3 Å². The van der Waals surface area contributed by atoms with Gasteiger partial charge < -0.3 is 5.32 Å². The first kappa shape index (κ1) is 15.6.